The van der Waals surface area contributed by atoms with Gasteiger partial charge in [0, 0.05) is 18.7 Å². The van der Waals surface area contributed by atoms with Gasteiger partial charge in [0.25, 0.3) is 0 Å². The van der Waals surface area contributed by atoms with Gasteiger partial charge in [0.05, 0.1) is 0 Å². The molecule has 2 heterocycles. The van der Waals surface area contributed by atoms with E-state index in [1.54, 1.807) is 0 Å². The van der Waals surface area contributed by atoms with Crippen molar-refractivity contribution >= 4 is 40.8 Å². The molecule has 0 aliphatic carbocycles. The van der Waals surface area contributed by atoms with Crippen LogP contribution in [-0.4, -0.2) is 46.0 Å². The van der Waals surface area contributed by atoms with E-state index in [2.05, 4.69) is 37.3 Å². The van der Waals surface area contributed by atoms with Crippen LogP contribution in [0.1, 0.15) is 18.7 Å². The molecular weight excluding hydrogens is 441 g/mol. The van der Waals surface area contributed by atoms with E-state index in [-0.39, 0.29) is 5.82 Å². The summed E-state index contributed by atoms with van der Waals surface area (Å²) in [5.74, 6) is 0.982. The Hall–Kier alpha value is -1.92. The number of benzene rings is 2. The summed E-state index contributed by atoms with van der Waals surface area (Å²) < 4.78 is -1.73. The Morgan fingerprint density at radius 3 is 2.10 bits per heavy atom. The van der Waals surface area contributed by atoms with Crippen molar-refractivity contribution < 1.29 is 0 Å². The minimum absolute atomic E-state index is 0.105. The molecule has 0 unspecified atom stereocenters. The van der Waals surface area contributed by atoms with Gasteiger partial charge in [-0.05, 0) is 37.1 Å². The van der Waals surface area contributed by atoms with Crippen molar-refractivity contribution in [1.29, 1.82) is 0 Å². The van der Waals surface area contributed by atoms with Crippen molar-refractivity contribution in [3.8, 4) is 22.5 Å². The van der Waals surface area contributed by atoms with Crippen LogP contribution in [-0.2, 0) is 3.79 Å². The fourth-order valence-corrected chi connectivity index (χ4v) is 3.74. The monoisotopic (exact) mass is 461 g/mol. The second-order valence-electron chi connectivity index (χ2n) is 7.22. The Bertz CT molecular complexity index is 968. The van der Waals surface area contributed by atoms with Gasteiger partial charge in [-0.3, -0.25) is 0 Å². The van der Waals surface area contributed by atoms with E-state index in [0.717, 1.165) is 42.9 Å². The molecule has 3 aromatic rings. The molecule has 0 radical (unpaired) electrons. The normalized spacial score (nSPS) is 14.8. The smallest absolute Gasteiger partial charge is 0.250 e. The summed E-state index contributed by atoms with van der Waals surface area (Å²) >= 11 is 18.2. The molecule has 1 aromatic heterocycles. The highest BCUT2D eigenvalue weighted by Crippen LogP contribution is 2.37. The number of halogens is 3. The highest BCUT2D eigenvalue weighted by Gasteiger charge is 2.28. The number of rotatable bonds is 6. The predicted octanol–water partition coefficient (Wildman–Crippen LogP) is 5.54. The predicted molar refractivity (Wildman–Crippen MR) is 124 cm³/mol. The molecule has 1 aliphatic rings. The number of nitrogens with zero attached hydrogens (tertiary/aromatic N) is 4. The Morgan fingerprint density at radius 1 is 0.800 bits per heavy atom. The minimum atomic E-state index is -1.73. The summed E-state index contributed by atoms with van der Waals surface area (Å²) in [6, 6.07) is 18.2. The fraction of sp³-hybridized carbons (Fsp3) is 0.318. The Kier molecular flexibility index (Phi) is 6.74. The van der Waals surface area contributed by atoms with E-state index in [9.17, 15) is 0 Å². The van der Waals surface area contributed by atoms with Crippen molar-refractivity contribution in [3.05, 3.63) is 60.4 Å². The lowest BCUT2D eigenvalue weighted by Crippen LogP contribution is -2.26. The maximum atomic E-state index is 6.07. The Labute approximate surface area is 191 Å². The average molecular weight is 463 g/mol. The van der Waals surface area contributed by atoms with E-state index in [1.165, 1.54) is 12.8 Å². The van der Waals surface area contributed by atoms with Gasteiger partial charge < -0.3 is 10.2 Å². The first-order chi connectivity index (χ1) is 14.5. The van der Waals surface area contributed by atoms with E-state index in [0.29, 0.717) is 11.8 Å². The van der Waals surface area contributed by atoms with Crippen LogP contribution in [0.5, 0.6) is 0 Å². The first-order valence-electron chi connectivity index (χ1n) is 9.94. The zero-order valence-corrected chi connectivity index (χ0v) is 18.6. The van der Waals surface area contributed by atoms with E-state index < -0.39 is 3.79 Å². The quantitative estimate of drug-likeness (QED) is 0.487. The third-order valence-corrected chi connectivity index (χ3v) is 5.56. The molecule has 8 heteroatoms. The van der Waals surface area contributed by atoms with Crippen molar-refractivity contribution in [2.75, 3.05) is 31.5 Å². The minimum Gasteiger partial charge on any atom is -0.353 e. The van der Waals surface area contributed by atoms with Crippen LogP contribution >= 0.6 is 34.8 Å². The number of anilines is 1. The highest BCUT2D eigenvalue weighted by molar-refractivity contribution is 6.66. The summed E-state index contributed by atoms with van der Waals surface area (Å²) in [5.41, 5.74) is 3.08. The van der Waals surface area contributed by atoms with Crippen molar-refractivity contribution in [2.45, 2.75) is 16.6 Å². The van der Waals surface area contributed by atoms with Gasteiger partial charge >= 0.3 is 0 Å². The van der Waals surface area contributed by atoms with Gasteiger partial charge in [-0.15, -0.1) is 0 Å². The van der Waals surface area contributed by atoms with Crippen LogP contribution in [0.3, 0.4) is 0 Å². The molecule has 1 aliphatic heterocycles. The second-order valence-corrected chi connectivity index (χ2v) is 9.50. The zero-order chi connectivity index (χ0) is 21.0. The van der Waals surface area contributed by atoms with Crippen LogP contribution in [0, 0.1) is 0 Å². The molecule has 30 heavy (non-hydrogen) atoms. The summed E-state index contributed by atoms with van der Waals surface area (Å²) in [6.45, 7) is 3.92. The van der Waals surface area contributed by atoms with Crippen LogP contribution in [0.15, 0.2) is 54.6 Å². The largest absolute Gasteiger partial charge is 0.353 e. The van der Waals surface area contributed by atoms with E-state index in [4.69, 9.17) is 34.8 Å². The molecule has 0 bridgehead atoms. The van der Waals surface area contributed by atoms with Gasteiger partial charge in [0.1, 0.15) is 0 Å². The molecule has 0 amide bonds. The number of hydrogen-bond acceptors (Lipinski definition) is 5. The summed E-state index contributed by atoms with van der Waals surface area (Å²) in [4.78, 5) is 15.7. The van der Waals surface area contributed by atoms with Crippen LogP contribution < -0.4 is 5.32 Å². The molecule has 0 saturated carbocycles. The molecular formula is C22H22Cl3N5. The number of hydrogen-bond donors (Lipinski definition) is 1. The standard InChI is InChI=1S/C22H22Cl3N5/c23-22(24,25)20-27-19(28-21(29-20)26-12-15-30-13-4-5-14-30)18-10-8-17(9-11-18)16-6-2-1-3-7-16/h1-3,6-11H,4-5,12-15H2,(H,26,27,28,29). The Balaban J connectivity index is 1.56. The van der Waals surface area contributed by atoms with E-state index in [1.807, 2.05) is 42.5 Å². The lowest BCUT2D eigenvalue weighted by molar-refractivity contribution is 0.352. The van der Waals surface area contributed by atoms with Gasteiger partial charge in [-0.25, -0.2) is 4.98 Å². The lowest BCUT2D eigenvalue weighted by atomic mass is 10.0. The molecule has 5 nitrogen and oxygen atoms in total. The third-order valence-electron chi connectivity index (χ3n) is 5.05. The first kappa shape index (κ1) is 21.3. The molecule has 1 saturated heterocycles. The summed E-state index contributed by atoms with van der Waals surface area (Å²) in [6.07, 6.45) is 2.51. The third kappa shape index (κ3) is 5.41. The molecule has 0 atom stereocenters. The van der Waals surface area contributed by atoms with Crippen LogP contribution in [0.2, 0.25) is 0 Å². The SMILES string of the molecule is ClC(Cl)(Cl)c1nc(NCCN2CCCC2)nc(-c2ccc(-c3ccccc3)cc2)n1. The molecule has 2 aromatic carbocycles. The number of aromatic nitrogens is 3. The molecule has 1 N–H and O–H groups in total. The van der Waals surface area contributed by atoms with Gasteiger partial charge in [-0.1, -0.05) is 89.4 Å². The number of nitrogens with one attached hydrogen (secondary N) is 1. The van der Waals surface area contributed by atoms with Crippen molar-refractivity contribution in [3.63, 3.8) is 0 Å². The fourth-order valence-electron chi connectivity index (χ4n) is 3.49. The summed E-state index contributed by atoms with van der Waals surface area (Å²) in [5, 5.41) is 3.25. The zero-order valence-electron chi connectivity index (χ0n) is 16.4. The van der Waals surface area contributed by atoms with Gasteiger partial charge in [0.2, 0.25) is 9.74 Å². The lowest BCUT2D eigenvalue weighted by Gasteiger charge is -2.16. The van der Waals surface area contributed by atoms with Crippen molar-refractivity contribution in [2.24, 2.45) is 0 Å². The number of alkyl halides is 3. The molecule has 1 fully saturated rings. The molecule has 4 rings (SSSR count). The number of likely N-dealkylation sites (tertiary alicyclic amines) is 1. The maximum absolute atomic E-state index is 6.07. The molecule has 156 valence electrons. The summed E-state index contributed by atoms with van der Waals surface area (Å²) in [7, 11) is 0. The second kappa shape index (κ2) is 9.48. The van der Waals surface area contributed by atoms with Crippen molar-refractivity contribution in [1.82, 2.24) is 19.9 Å². The average Bonchev–Trinajstić information content (AvgIpc) is 3.27. The van der Waals surface area contributed by atoms with E-state index >= 15 is 0 Å². The maximum Gasteiger partial charge on any atom is 0.250 e. The van der Waals surface area contributed by atoms with Crippen LogP contribution in [0.25, 0.3) is 22.5 Å². The van der Waals surface area contributed by atoms with Gasteiger partial charge in [-0.2, -0.15) is 9.97 Å². The molecule has 0 spiro atoms. The Morgan fingerprint density at radius 2 is 1.43 bits per heavy atom. The van der Waals surface area contributed by atoms with Crippen LogP contribution in [0.4, 0.5) is 5.95 Å². The van der Waals surface area contributed by atoms with Gasteiger partial charge in [0.15, 0.2) is 11.6 Å². The first-order valence-corrected chi connectivity index (χ1v) is 11.1. The highest BCUT2D eigenvalue weighted by atomic mass is 35.6. The topological polar surface area (TPSA) is 53.9 Å².